The van der Waals surface area contributed by atoms with Crippen molar-refractivity contribution in [2.45, 2.75) is 34.4 Å². The zero-order chi connectivity index (χ0) is 10.9. The summed E-state index contributed by atoms with van der Waals surface area (Å²) in [6, 6.07) is 0. The summed E-state index contributed by atoms with van der Waals surface area (Å²) in [4.78, 5) is 0. The molecule has 0 aliphatic rings. The first-order valence-corrected chi connectivity index (χ1v) is 7.73. The SMILES string of the molecule is CC[PH](CC)(CC)CC.FC(F)F. The van der Waals surface area contributed by atoms with Crippen LogP contribution in [0.4, 0.5) is 13.2 Å². The van der Waals surface area contributed by atoms with Crippen LogP contribution in [-0.2, 0) is 0 Å². The predicted molar refractivity (Wildman–Crippen MR) is 57.6 cm³/mol. The van der Waals surface area contributed by atoms with Crippen molar-refractivity contribution in [2.75, 3.05) is 24.6 Å². The Morgan fingerprint density at radius 1 is 0.769 bits per heavy atom. The van der Waals surface area contributed by atoms with Gasteiger partial charge >= 0.3 is 66.3 Å². The first-order valence-electron chi connectivity index (χ1n) is 4.90. The molecule has 84 valence electrons. The minimum absolute atomic E-state index is 0.691. The van der Waals surface area contributed by atoms with E-state index in [0.717, 1.165) is 0 Å². The zero-order valence-corrected chi connectivity index (χ0v) is 10.0. The second-order valence-electron chi connectivity index (χ2n) is 3.16. The van der Waals surface area contributed by atoms with Crippen LogP contribution in [0.5, 0.6) is 0 Å². The minimum Gasteiger partial charge on any atom is -0.174 e. The van der Waals surface area contributed by atoms with Crippen molar-refractivity contribution in [2.24, 2.45) is 0 Å². The van der Waals surface area contributed by atoms with Gasteiger partial charge in [0.05, 0.1) is 0 Å². The maximum atomic E-state index is 9.67. The van der Waals surface area contributed by atoms with Crippen LogP contribution in [0.1, 0.15) is 27.7 Å². The van der Waals surface area contributed by atoms with Crippen molar-refractivity contribution in [3.8, 4) is 0 Å². The average molecular weight is 218 g/mol. The van der Waals surface area contributed by atoms with Gasteiger partial charge in [0, 0.05) is 0 Å². The van der Waals surface area contributed by atoms with Crippen molar-refractivity contribution in [1.82, 2.24) is 0 Å². The number of hydrogen-bond donors (Lipinski definition) is 0. The molecule has 4 heteroatoms. The van der Waals surface area contributed by atoms with Crippen LogP contribution in [0.3, 0.4) is 0 Å². The third-order valence-electron chi connectivity index (χ3n) is 3.00. The topological polar surface area (TPSA) is 0 Å². The van der Waals surface area contributed by atoms with E-state index in [0.29, 0.717) is 0 Å². The molecule has 0 amide bonds. The largest absolute Gasteiger partial charge is 0.379 e. The minimum atomic E-state index is -3.67. The summed E-state index contributed by atoms with van der Waals surface area (Å²) < 4.78 is 29.0. The summed E-state index contributed by atoms with van der Waals surface area (Å²) in [6.45, 7) is 5.79. The van der Waals surface area contributed by atoms with Crippen molar-refractivity contribution < 1.29 is 13.2 Å². The summed E-state index contributed by atoms with van der Waals surface area (Å²) in [6.07, 6.45) is 5.93. The second kappa shape index (κ2) is 8.80. The summed E-state index contributed by atoms with van der Waals surface area (Å²) in [5, 5.41) is 0. The molecule has 0 radical (unpaired) electrons. The van der Waals surface area contributed by atoms with Crippen molar-refractivity contribution >= 4 is 7.26 Å². The van der Waals surface area contributed by atoms with Gasteiger partial charge in [0.1, 0.15) is 0 Å². The van der Waals surface area contributed by atoms with E-state index in [1.165, 1.54) is 24.6 Å². The molecule has 0 saturated carbocycles. The van der Waals surface area contributed by atoms with Gasteiger partial charge in [0.15, 0.2) is 0 Å². The van der Waals surface area contributed by atoms with Crippen LogP contribution in [0.2, 0.25) is 0 Å². The molecule has 0 aliphatic heterocycles. The third kappa shape index (κ3) is 8.55. The Morgan fingerprint density at radius 2 is 0.923 bits per heavy atom. The Bertz CT molecular complexity index is 82.8. The van der Waals surface area contributed by atoms with Crippen molar-refractivity contribution in [3.63, 3.8) is 0 Å². The Kier molecular flexibility index (Phi) is 10.6. The number of halogens is 3. The molecule has 0 rings (SSSR count). The van der Waals surface area contributed by atoms with Gasteiger partial charge in [-0.25, -0.2) is 0 Å². The van der Waals surface area contributed by atoms with Crippen LogP contribution >= 0.6 is 7.26 Å². The van der Waals surface area contributed by atoms with Gasteiger partial charge in [0.2, 0.25) is 0 Å². The molecule has 0 bridgehead atoms. The van der Waals surface area contributed by atoms with E-state index in [-0.39, 0.29) is 0 Å². The van der Waals surface area contributed by atoms with E-state index >= 15 is 0 Å². The molecule has 0 aromatic carbocycles. The van der Waals surface area contributed by atoms with Gasteiger partial charge < -0.3 is 0 Å². The molecular weight excluding hydrogens is 196 g/mol. The van der Waals surface area contributed by atoms with Crippen molar-refractivity contribution in [1.29, 1.82) is 0 Å². The Morgan fingerprint density at radius 3 is 0.923 bits per heavy atom. The summed E-state index contributed by atoms with van der Waals surface area (Å²) in [5.41, 5.74) is 0. The van der Waals surface area contributed by atoms with Gasteiger partial charge in [-0.15, -0.1) is 0 Å². The van der Waals surface area contributed by atoms with Gasteiger partial charge in [-0.3, -0.25) is 0 Å². The van der Waals surface area contributed by atoms with Crippen LogP contribution in [-0.4, -0.2) is 31.3 Å². The number of hydrogen-bond acceptors (Lipinski definition) is 0. The molecular formula is C9H22F3P. The van der Waals surface area contributed by atoms with E-state index < -0.39 is 13.9 Å². The molecule has 0 unspecified atom stereocenters. The predicted octanol–water partition coefficient (Wildman–Crippen LogP) is 3.99. The first-order chi connectivity index (χ1) is 5.97. The standard InChI is InChI=1S/C8H21P.CHF3/c1-5-9(6-2,7-3)8-4;2-1(3)4/h9H,5-8H2,1-4H3;1H. The molecule has 0 aromatic heterocycles. The maximum Gasteiger partial charge on any atom is 0.379 e. The fourth-order valence-corrected chi connectivity index (χ4v) is 4.50. The molecule has 13 heavy (non-hydrogen) atoms. The second-order valence-corrected chi connectivity index (χ2v) is 8.99. The quantitative estimate of drug-likeness (QED) is 0.626. The Balaban J connectivity index is 0. The molecule has 0 nitrogen and oxygen atoms in total. The molecule has 0 aromatic rings. The normalized spacial score (nSPS) is 12.3. The molecule has 0 saturated heterocycles. The van der Waals surface area contributed by atoms with Gasteiger partial charge in [0.25, 0.3) is 0 Å². The van der Waals surface area contributed by atoms with E-state index in [2.05, 4.69) is 27.7 Å². The molecule has 0 N–H and O–H groups in total. The first kappa shape index (κ1) is 15.7. The maximum absolute atomic E-state index is 9.67. The van der Waals surface area contributed by atoms with E-state index in [1.807, 2.05) is 0 Å². The third-order valence-corrected chi connectivity index (χ3v) is 9.00. The Labute approximate surface area is 80.2 Å². The van der Waals surface area contributed by atoms with E-state index in [4.69, 9.17) is 0 Å². The monoisotopic (exact) mass is 218 g/mol. The Hall–Kier alpha value is 0.220. The number of alkyl halides is 3. The van der Waals surface area contributed by atoms with Gasteiger partial charge in [-0.1, -0.05) is 0 Å². The van der Waals surface area contributed by atoms with E-state index in [9.17, 15) is 13.2 Å². The summed E-state index contributed by atoms with van der Waals surface area (Å²) in [7, 11) is -0.691. The molecule has 0 spiro atoms. The molecule has 0 fully saturated rings. The summed E-state index contributed by atoms with van der Waals surface area (Å²) in [5.74, 6) is 0. The number of rotatable bonds is 4. The molecule has 0 aliphatic carbocycles. The van der Waals surface area contributed by atoms with Crippen LogP contribution < -0.4 is 0 Å². The molecule has 0 heterocycles. The smallest absolute Gasteiger partial charge is 0.174 e. The fourth-order valence-electron chi connectivity index (χ4n) is 1.50. The van der Waals surface area contributed by atoms with E-state index in [1.54, 1.807) is 0 Å². The fraction of sp³-hybridized carbons (Fsp3) is 1.00. The molecule has 0 atom stereocenters. The zero-order valence-electron chi connectivity index (χ0n) is 9.04. The van der Waals surface area contributed by atoms with Crippen LogP contribution in [0.25, 0.3) is 0 Å². The van der Waals surface area contributed by atoms with Gasteiger partial charge in [-0.05, 0) is 0 Å². The van der Waals surface area contributed by atoms with Crippen molar-refractivity contribution in [3.05, 3.63) is 0 Å². The van der Waals surface area contributed by atoms with Crippen LogP contribution in [0.15, 0.2) is 0 Å². The van der Waals surface area contributed by atoms with Gasteiger partial charge in [-0.2, -0.15) is 13.2 Å². The average Bonchev–Trinajstić information content (AvgIpc) is 2.09. The van der Waals surface area contributed by atoms with Crippen LogP contribution in [0, 0.1) is 0 Å². The summed E-state index contributed by atoms with van der Waals surface area (Å²) >= 11 is 0.